The van der Waals surface area contributed by atoms with E-state index in [-0.39, 0.29) is 11.8 Å². The molecular formula is C20H22N2O4S. The van der Waals surface area contributed by atoms with Gasteiger partial charge in [0, 0.05) is 5.56 Å². The van der Waals surface area contributed by atoms with Crippen molar-refractivity contribution in [2.45, 2.75) is 32.6 Å². The van der Waals surface area contributed by atoms with E-state index in [1.165, 1.54) is 0 Å². The van der Waals surface area contributed by atoms with Crippen LogP contribution in [0.5, 0.6) is 0 Å². The molecule has 7 heteroatoms. The van der Waals surface area contributed by atoms with Gasteiger partial charge < -0.3 is 5.32 Å². The largest absolute Gasteiger partial charge is 0.348 e. The highest BCUT2D eigenvalue weighted by atomic mass is 32.2. The molecule has 1 heterocycles. The lowest BCUT2D eigenvalue weighted by Crippen LogP contribution is -2.47. The molecule has 2 aromatic rings. The zero-order valence-electron chi connectivity index (χ0n) is 15.5. The van der Waals surface area contributed by atoms with Gasteiger partial charge in [0.2, 0.25) is 15.9 Å². The van der Waals surface area contributed by atoms with E-state index >= 15 is 0 Å². The third-order valence-corrected chi connectivity index (χ3v) is 6.49. The normalized spacial score (nSPS) is 16.6. The molecule has 6 nitrogen and oxygen atoms in total. The Labute approximate surface area is 159 Å². The molecule has 0 bridgehead atoms. The first-order valence-corrected chi connectivity index (χ1v) is 10.3. The van der Waals surface area contributed by atoms with E-state index in [4.69, 9.17) is 0 Å². The van der Waals surface area contributed by atoms with E-state index < -0.39 is 28.4 Å². The number of carbonyl (C=O) groups is 2. The van der Waals surface area contributed by atoms with Crippen LogP contribution >= 0.6 is 0 Å². The fourth-order valence-corrected chi connectivity index (χ4v) is 4.56. The maximum Gasteiger partial charge on any atom is 0.268 e. The van der Waals surface area contributed by atoms with Gasteiger partial charge in [-0.2, -0.15) is 0 Å². The quantitative estimate of drug-likeness (QED) is 0.875. The van der Waals surface area contributed by atoms with Gasteiger partial charge >= 0.3 is 0 Å². The Balaban J connectivity index is 1.75. The average Bonchev–Trinajstić information content (AvgIpc) is 2.60. The van der Waals surface area contributed by atoms with Gasteiger partial charge in [-0.3, -0.25) is 9.59 Å². The maximum atomic E-state index is 12.6. The molecular weight excluding hydrogens is 364 g/mol. The summed E-state index contributed by atoms with van der Waals surface area (Å²) in [6, 6.07) is 12.1. The minimum absolute atomic E-state index is 0.283. The Hall–Kier alpha value is -2.67. The van der Waals surface area contributed by atoms with Crippen LogP contribution in [0.1, 0.15) is 45.6 Å². The number of benzene rings is 2. The van der Waals surface area contributed by atoms with Gasteiger partial charge in [0.15, 0.2) is 0 Å². The van der Waals surface area contributed by atoms with E-state index in [1.54, 1.807) is 24.3 Å². The topological polar surface area (TPSA) is 83.6 Å². The molecule has 1 unspecified atom stereocenters. The van der Waals surface area contributed by atoms with E-state index in [1.807, 2.05) is 39.0 Å². The molecule has 2 amide bonds. The first-order valence-electron chi connectivity index (χ1n) is 8.68. The number of amides is 2. The van der Waals surface area contributed by atoms with Gasteiger partial charge in [-0.05, 0) is 49.1 Å². The van der Waals surface area contributed by atoms with Crippen LogP contribution in [0.2, 0.25) is 0 Å². The van der Waals surface area contributed by atoms with Gasteiger partial charge in [0.25, 0.3) is 5.91 Å². The summed E-state index contributed by atoms with van der Waals surface area (Å²) in [6.45, 7) is 5.30. The first kappa shape index (κ1) is 19.1. The van der Waals surface area contributed by atoms with E-state index in [9.17, 15) is 18.0 Å². The number of aryl methyl sites for hydroxylation is 2. The second-order valence-electron chi connectivity index (χ2n) is 6.86. The van der Waals surface area contributed by atoms with Crippen molar-refractivity contribution in [3.63, 3.8) is 0 Å². The molecule has 0 saturated carbocycles. The fourth-order valence-electron chi connectivity index (χ4n) is 3.09. The molecule has 0 spiro atoms. The van der Waals surface area contributed by atoms with Gasteiger partial charge in [0.1, 0.15) is 6.54 Å². The Bertz CT molecular complexity index is 1010. The summed E-state index contributed by atoms with van der Waals surface area (Å²) in [4.78, 5) is 25.0. The minimum Gasteiger partial charge on any atom is -0.348 e. The van der Waals surface area contributed by atoms with Crippen molar-refractivity contribution in [3.8, 4) is 0 Å². The van der Waals surface area contributed by atoms with Crippen molar-refractivity contribution in [2.75, 3.05) is 6.54 Å². The summed E-state index contributed by atoms with van der Waals surface area (Å²) >= 11 is 0. The SMILES string of the molecule is Cc1ccc(C(C)NC(=O)CN2C(=O)c3ccccc3CS2(=O)=O)cc1C. The number of sulfonamides is 1. The molecule has 1 atom stereocenters. The molecule has 142 valence electrons. The highest BCUT2D eigenvalue weighted by Gasteiger charge is 2.36. The molecule has 0 saturated heterocycles. The molecule has 0 aromatic heterocycles. The number of hydrogen-bond donors (Lipinski definition) is 1. The molecule has 2 aromatic carbocycles. The van der Waals surface area contributed by atoms with Crippen LogP contribution in [0.3, 0.4) is 0 Å². The van der Waals surface area contributed by atoms with Crippen LogP contribution in [0.4, 0.5) is 0 Å². The van der Waals surface area contributed by atoms with Crippen molar-refractivity contribution in [1.82, 2.24) is 9.62 Å². The molecule has 0 aliphatic carbocycles. The van der Waals surface area contributed by atoms with Crippen LogP contribution < -0.4 is 5.32 Å². The van der Waals surface area contributed by atoms with Crippen LogP contribution in [-0.2, 0) is 20.6 Å². The zero-order chi connectivity index (χ0) is 19.8. The lowest BCUT2D eigenvalue weighted by molar-refractivity contribution is -0.121. The summed E-state index contributed by atoms with van der Waals surface area (Å²) in [6.07, 6.45) is 0. The highest BCUT2D eigenvalue weighted by molar-refractivity contribution is 7.89. The Morgan fingerprint density at radius 3 is 2.56 bits per heavy atom. The smallest absolute Gasteiger partial charge is 0.268 e. The predicted molar refractivity (Wildman–Crippen MR) is 103 cm³/mol. The molecule has 0 fully saturated rings. The second kappa shape index (κ2) is 7.15. The van der Waals surface area contributed by atoms with Crippen molar-refractivity contribution in [3.05, 3.63) is 70.3 Å². The van der Waals surface area contributed by atoms with Crippen LogP contribution in [0.25, 0.3) is 0 Å². The predicted octanol–water partition coefficient (Wildman–Crippen LogP) is 2.47. The maximum absolute atomic E-state index is 12.6. The third kappa shape index (κ3) is 3.88. The lowest BCUT2D eigenvalue weighted by atomic mass is 10.0. The number of nitrogens with one attached hydrogen (secondary N) is 1. The molecule has 0 radical (unpaired) electrons. The summed E-state index contributed by atoms with van der Waals surface area (Å²) in [5, 5.41) is 2.78. The monoisotopic (exact) mass is 386 g/mol. The third-order valence-electron chi connectivity index (χ3n) is 4.84. The molecule has 1 N–H and O–H groups in total. The van der Waals surface area contributed by atoms with Crippen molar-refractivity contribution in [1.29, 1.82) is 0 Å². The minimum atomic E-state index is -3.87. The highest BCUT2D eigenvalue weighted by Crippen LogP contribution is 2.24. The zero-order valence-corrected chi connectivity index (χ0v) is 16.3. The summed E-state index contributed by atoms with van der Waals surface area (Å²) in [5.74, 6) is -1.46. The van der Waals surface area contributed by atoms with Gasteiger partial charge in [-0.25, -0.2) is 12.7 Å². The van der Waals surface area contributed by atoms with E-state index in [0.717, 1.165) is 16.7 Å². The molecule has 27 heavy (non-hydrogen) atoms. The molecule has 1 aliphatic rings. The van der Waals surface area contributed by atoms with Gasteiger partial charge in [-0.1, -0.05) is 36.4 Å². The van der Waals surface area contributed by atoms with Crippen molar-refractivity contribution >= 4 is 21.8 Å². The number of fused-ring (bicyclic) bond motifs is 1. The number of carbonyl (C=O) groups excluding carboxylic acids is 2. The van der Waals surface area contributed by atoms with Crippen LogP contribution in [0, 0.1) is 13.8 Å². The Morgan fingerprint density at radius 1 is 1.15 bits per heavy atom. The standard InChI is InChI=1S/C20H22N2O4S/c1-13-8-9-16(10-14(13)2)15(3)21-19(23)11-22-20(24)18-7-5-4-6-17(18)12-27(22,25)26/h4-10,15H,11-12H2,1-3H3,(H,21,23). The van der Waals surface area contributed by atoms with Crippen LogP contribution in [-0.4, -0.2) is 31.1 Å². The summed E-state index contributed by atoms with van der Waals surface area (Å²) in [5.41, 5.74) is 3.97. The van der Waals surface area contributed by atoms with Crippen molar-refractivity contribution < 1.29 is 18.0 Å². The van der Waals surface area contributed by atoms with E-state index in [0.29, 0.717) is 15.4 Å². The summed E-state index contributed by atoms with van der Waals surface area (Å²) < 4.78 is 25.6. The van der Waals surface area contributed by atoms with Crippen molar-refractivity contribution in [2.24, 2.45) is 0 Å². The Kier molecular flexibility index (Phi) is 5.06. The summed E-state index contributed by atoms with van der Waals surface area (Å²) in [7, 11) is -3.87. The number of hydrogen-bond acceptors (Lipinski definition) is 4. The Morgan fingerprint density at radius 2 is 1.85 bits per heavy atom. The first-order chi connectivity index (χ1) is 12.7. The average molecular weight is 386 g/mol. The van der Waals surface area contributed by atoms with Crippen LogP contribution in [0.15, 0.2) is 42.5 Å². The fraction of sp³-hybridized carbons (Fsp3) is 0.300. The van der Waals surface area contributed by atoms with E-state index in [2.05, 4.69) is 5.32 Å². The molecule has 3 rings (SSSR count). The van der Waals surface area contributed by atoms with Gasteiger partial charge in [-0.15, -0.1) is 0 Å². The molecule has 1 aliphatic heterocycles. The lowest BCUT2D eigenvalue weighted by Gasteiger charge is -2.28. The number of nitrogens with zero attached hydrogens (tertiary/aromatic N) is 1. The second-order valence-corrected chi connectivity index (χ2v) is 8.75. The van der Waals surface area contributed by atoms with Gasteiger partial charge in [0.05, 0.1) is 11.8 Å². The number of rotatable bonds is 4.